The molecule has 2 amide bonds. The fourth-order valence-corrected chi connectivity index (χ4v) is 2.30. The van der Waals surface area contributed by atoms with Crippen molar-refractivity contribution >= 4 is 11.8 Å². The van der Waals surface area contributed by atoms with E-state index in [4.69, 9.17) is 9.47 Å². The highest BCUT2D eigenvalue weighted by atomic mass is 16.5. The van der Waals surface area contributed by atoms with Crippen LogP contribution < -0.4 is 20.1 Å². The van der Waals surface area contributed by atoms with E-state index >= 15 is 0 Å². The lowest BCUT2D eigenvalue weighted by Crippen LogP contribution is -2.51. The maximum atomic E-state index is 12.6. The van der Waals surface area contributed by atoms with Crippen LogP contribution >= 0.6 is 0 Å². The van der Waals surface area contributed by atoms with Gasteiger partial charge in [0.25, 0.3) is 5.91 Å². The van der Waals surface area contributed by atoms with Crippen LogP contribution in [0.5, 0.6) is 11.5 Å². The molecule has 1 aromatic rings. The van der Waals surface area contributed by atoms with E-state index in [0.29, 0.717) is 30.2 Å². The van der Waals surface area contributed by atoms with Crippen LogP contribution in [0, 0.1) is 5.92 Å². The molecule has 0 aromatic heterocycles. The number of methoxy groups -OCH3 is 2. The van der Waals surface area contributed by atoms with Gasteiger partial charge in [-0.1, -0.05) is 13.8 Å². The molecule has 0 aliphatic heterocycles. The summed E-state index contributed by atoms with van der Waals surface area (Å²) in [5.41, 5.74) is 0.382. The Bertz CT molecular complexity index is 567. The van der Waals surface area contributed by atoms with Gasteiger partial charge in [-0.25, -0.2) is 0 Å². The van der Waals surface area contributed by atoms with Gasteiger partial charge in [-0.3, -0.25) is 9.59 Å². The van der Waals surface area contributed by atoms with Crippen LogP contribution in [-0.4, -0.2) is 64.2 Å². The molecule has 0 bridgehead atoms. The van der Waals surface area contributed by atoms with Gasteiger partial charge in [0.1, 0.15) is 17.5 Å². The first-order chi connectivity index (χ1) is 11.8. The number of benzene rings is 1. The van der Waals surface area contributed by atoms with Crippen LogP contribution in [0.15, 0.2) is 18.2 Å². The second-order valence-electron chi connectivity index (χ2n) is 6.16. The van der Waals surface area contributed by atoms with Crippen molar-refractivity contribution in [2.45, 2.75) is 19.9 Å². The lowest BCUT2D eigenvalue weighted by atomic mass is 10.0. The lowest BCUT2D eigenvalue weighted by molar-refractivity contribution is -0.132. The summed E-state index contributed by atoms with van der Waals surface area (Å²) in [5, 5.41) is 5.84. The Labute approximate surface area is 149 Å². The van der Waals surface area contributed by atoms with Gasteiger partial charge < -0.3 is 25.0 Å². The number of nitrogens with zero attached hydrogens (tertiary/aromatic N) is 1. The molecule has 0 radical (unpaired) electrons. The standard InChI is InChI=1S/C18H29N3O4/c1-12(2)16(18(23)21(4)8-7-19-3)20-17(22)13-9-14(24-5)11-15(10-13)25-6/h9-12,16,19H,7-8H2,1-6H3,(H,20,22). The molecular formula is C18H29N3O4. The Morgan fingerprint density at radius 1 is 1.12 bits per heavy atom. The summed E-state index contributed by atoms with van der Waals surface area (Å²) in [5.74, 6) is 0.534. The second kappa shape index (κ2) is 9.88. The van der Waals surface area contributed by atoms with Crippen molar-refractivity contribution in [1.29, 1.82) is 0 Å². The molecule has 1 unspecified atom stereocenters. The number of hydrogen-bond donors (Lipinski definition) is 2. The van der Waals surface area contributed by atoms with Crippen molar-refractivity contribution in [2.24, 2.45) is 5.92 Å². The van der Waals surface area contributed by atoms with E-state index in [2.05, 4.69) is 10.6 Å². The normalized spacial score (nSPS) is 11.8. The summed E-state index contributed by atoms with van der Waals surface area (Å²) >= 11 is 0. The number of ether oxygens (including phenoxy) is 2. The molecule has 7 nitrogen and oxygen atoms in total. The SMILES string of the molecule is CNCCN(C)C(=O)C(NC(=O)c1cc(OC)cc(OC)c1)C(C)C. The Hall–Kier alpha value is -2.28. The van der Waals surface area contributed by atoms with Gasteiger partial charge in [-0.05, 0) is 25.1 Å². The first-order valence-corrected chi connectivity index (χ1v) is 8.27. The van der Waals surface area contributed by atoms with Gasteiger partial charge in [0.05, 0.1) is 14.2 Å². The van der Waals surface area contributed by atoms with Gasteiger partial charge in [-0.15, -0.1) is 0 Å². The molecule has 7 heteroatoms. The smallest absolute Gasteiger partial charge is 0.252 e. The first kappa shape index (κ1) is 20.8. The molecule has 1 atom stereocenters. The Morgan fingerprint density at radius 2 is 1.68 bits per heavy atom. The monoisotopic (exact) mass is 351 g/mol. The molecule has 1 rings (SSSR count). The average Bonchev–Trinajstić information content (AvgIpc) is 2.62. The van der Waals surface area contributed by atoms with E-state index in [0.717, 1.165) is 0 Å². The Morgan fingerprint density at radius 3 is 2.12 bits per heavy atom. The quantitative estimate of drug-likeness (QED) is 0.697. The number of nitrogens with one attached hydrogen (secondary N) is 2. The minimum atomic E-state index is -0.605. The zero-order valence-electron chi connectivity index (χ0n) is 15.9. The zero-order chi connectivity index (χ0) is 19.0. The third-order valence-electron chi connectivity index (χ3n) is 3.91. The second-order valence-corrected chi connectivity index (χ2v) is 6.16. The molecular weight excluding hydrogens is 322 g/mol. The van der Waals surface area contributed by atoms with Crippen molar-refractivity contribution < 1.29 is 19.1 Å². The molecule has 1 aromatic carbocycles. The summed E-state index contributed by atoms with van der Waals surface area (Å²) < 4.78 is 10.4. The third kappa shape index (κ3) is 5.94. The van der Waals surface area contributed by atoms with Crippen LogP contribution in [0.2, 0.25) is 0 Å². The van der Waals surface area contributed by atoms with E-state index in [-0.39, 0.29) is 17.7 Å². The fourth-order valence-electron chi connectivity index (χ4n) is 2.30. The molecule has 0 aliphatic carbocycles. The predicted molar refractivity (Wildman–Crippen MR) is 97.2 cm³/mol. The van der Waals surface area contributed by atoms with Crippen LogP contribution in [0.1, 0.15) is 24.2 Å². The van der Waals surface area contributed by atoms with Gasteiger partial charge in [-0.2, -0.15) is 0 Å². The molecule has 140 valence electrons. The van der Waals surface area contributed by atoms with Gasteiger partial charge in [0, 0.05) is 31.8 Å². The Kier molecular flexibility index (Phi) is 8.21. The minimum Gasteiger partial charge on any atom is -0.497 e. The fraction of sp³-hybridized carbons (Fsp3) is 0.556. The van der Waals surface area contributed by atoms with Crippen molar-refractivity contribution in [2.75, 3.05) is 41.4 Å². The van der Waals surface area contributed by atoms with E-state index in [1.807, 2.05) is 20.9 Å². The van der Waals surface area contributed by atoms with E-state index in [1.165, 1.54) is 14.2 Å². The minimum absolute atomic E-state index is 0.0408. The van der Waals surface area contributed by atoms with Crippen molar-refractivity contribution in [3.63, 3.8) is 0 Å². The number of carbonyl (C=O) groups is 2. The third-order valence-corrected chi connectivity index (χ3v) is 3.91. The molecule has 0 spiro atoms. The van der Waals surface area contributed by atoms with Crippen molar-refractivity contribution in [1.82, 2.24) is 15.5 Å². The zero-order valence-corrected chi connectivity index (χ0v) is 15.9. The van der Waals surface area contributed by atoms with E-state index in [9.17, 15) is 9.59 Å². The number of hydrogen-bond acceptors (Lipinski definition) is 5. The summed E-state index contributed by atoms with van der Waals surface area (Å²) in [6, 6.07) is 4.31. The van der Waals surface area contributed by atoms with Crippen molar-refractivity contribution in [3.8, 4) is 11.5 Å². The van der Waals surface area contributed by atoms with E-state index < -0.39 is 6.04 Å². The molecule has 25 heavy (non-hydrogen) atoms. The van der Waals surface area contributed by atoms with Crippen LogP contribution in [-0.2, 0) is 4.79 Å². The first-order valence-electron chi connectivity index (χ1n) is 8.27. The topological polar surface area (TPSA) is 79.9 Å². The summed E-state index contributed by atoms with van der Waals surface area (Å²) in [7, 11) is 6.60. The van der Waals surface area contributed by atoms with Gasteiger partial charge in [0.15, 0.2) is 0 Å². The number of likely N-dealkylation sites (N-methyl/N-ethyl adjacent to an activating group) is 2. The number of amides is 2. The van der Waals surface area contributed by atoms with Crippen molar-refractivity contribution in [3.05, 3.63) is 23.8 Å². The van der Waals surface area contributed by atoms with Crippen LogP contribution in [0.3, 0.4) is 0 Å². The molecule has 0 aliphatic rings. The van der Waals surface area contributed by atoms with E-state index in [1.54, 1.807) is 30.1 Å². The average molecular weight is 351 g/mol. The molecule has 2 N–H and O–H groups in total. The predicted octanol–water partition coefficient (Wildman–Crippen LogP) is 1.14. The highest BCUT2D eigenvalue weighted by Gasteiger charge is 2.27. The summed E-state index contributed by atoms with van der Waals surface area (Å²) in [6.45, 7) is 5.07. The molecule has 0 saturated heterocycles. The molecule has 0 fully saturated rings. The van der Waals surface area contributed by atoms with Gasteiger partial charge >= 0.3 is 0 Å². The lowest BCUT2D eigenvalue weighted by Gasteiger charge is -2.27. The summed E-state index contributed by atoms with van der Waals surface area (Å²) in [4.78, 5) is 26.9. The molecule has 0 heterocycles. The highest BCUT2D eigenvalue weighted by Crippen LogP contribution is 2.22. The largest absolute Gasteiger partial charge is 0.497 e. The maximum Gasteiger partial charge on any atom is 0.252 e. The Balaban J connectivity index is 2.95. The molecule has 0 saturated carbocycles. The number of rotatable bonds is 9. The van der Waals surface area contributed by atoms with Crippen LogP contribution in [0.25, 0.3) is 0 Å². The highest BCUT2D eigenvalue weighted by molar-refractivity contribution is 5.98. The number of carbonyl (C=O) groups excluding carboxylic acids is 2. The maximum absolute atomic E-state index is 12.6. The van der Waals surface area contributed by atoms with Gasteiger partial charge in [0.2, 0.25) is 5.91 Å². The van der Waals surface area contributed by atoms with Crippen LogP contribution in [0.4, 0.5) is 0 Å². The summed E-state index contributed by atoms with van der Waals surface area (Å²) in [6.07, 6.45) is 0.